The predicted molar refractivity (Wildman–Crippen MR) is 144 cm³/mol. The van der Waals surface area contributed by atoms with E-state index in [1.807, 2.05) is 10.8 Å². The van der Waals surface area contributed by atoms with Crippen LogP contribution in [0.1, 0.15) is 5.56 Å². The Morgan fingerprint density at radius 2 is 1.79 bits per heavy atom. The molecule has 2 N–H and O–H groups in total. The molecule has 0 bridgehead atoms. The van der Waals surface area contributed by atoms with E-state index in [1.54, 1.807) is 55.6 Å². The highest BCUT2D eigenvalue weighted by Crippen LogP contribution is 2.25. The number of fused-ring (bicyclic) bond motifs is 1. The number of methoxy groups -OCH3 is 1. The molecule has 2 heterocycles. The number of halogens is 2. The van der Waals surface area contributed by atoms with Crippen LogP contribution in [-0.2, 0) is 21.4 Å². The summed E-state index contributed by atoms with van der Waals surface area (Å²) in [4.78, 5) is 31.5. The standard InChI is InChI=1S/C24H22Cl2N6O5S/c1-31(16-8-10-17(37-2)11-9-16)23(33)19(12-15-6-4-3-5-7-15)28-24(34)30-38(35,36)32-20-13-21(25)29-22(26)18(20)14-27-32/h3-11,13-14,19H,12H2,1-2H3,(H2,28,30,34)/t19-/m0/s1. The number of rotatable bonds is 8. The van der Waals surface area contributed by atoms with Gasteiger partial charge in [0.1, 0.15) is 22.1 Å². The molecule has 0 fully saturated rings. The van der Waals surface area contributed by atoms with E-state index >= 15 is 0 Å². The first-order chi connectivity index (χ1) is 18.1. The van der Waals surface area contributed by atoms with Crippen molar-refractivity contribution in [2.45, 2.75) is 12.5 Å². The van der Waals surface area contributed by atoms with Gasteiger partial charge < -0.3 is 15.0 Å². The molecule has 11 nitrogen and oxygen atoms in total. The van der Waals surface area contributed by atoms with Gasteiger partial charge in [-0.15, -0.1) is 4.09 Å². The molecule has 0 saturated heterocycles. The van der Waals surface area contributed by atoms with Crippen molar-refractivity contribution in [2.24, 2.45) is 0 Å². The molecular weight excluding hydrogens is 555 g/mol. The van der Waals surface area contributed by atoms with Gasteiger partial charge in [-0.3, -0.25) is 4.79 Å². The van der Waals surface area contributed by atoms with Gasteiger partial charge in [-0.05, 0) is 29.8 Å². The Hall–Kier alpha value is -3.87. The Kier molecular flexibility index (Phi) is 8.05. The number of anilines is 1. The molecule has 0 radical (unpaired) electrons. The summed E-state index contributed by atoms with van der Waals surface area (Å²) in [7, 11) is -1.46. The van der Waals surface area contributed by atoms with Crippen LogP contribution in [-0.4, -0.2) is 54.7 Å². The number of pyridine rings is 1. The number of benzene rings is 2. The second-order valence-corrected chi connectivity index (χ2v) is 10.3. The number of nitrogens with zero attached hydrogens (tertiary/aromatic N) is 4. The molecule has 3 amide bonds. The zero-order chi connectivity index (χ0) is 27.4. The lowest BCUT2D eigenvalue weighted by atomic mass is 10.0. The highest BCUT2D eigenvalue weighted by Gasteiger charge is 2.28. The van der Waals surface area contributed by atoms with E-state index in [0.29, 0.717) is 15.5 Å². The average molecular weight is 577 g/mol. The Balaban J connectivity index is 1.57. The SMILES string of the molecule is COc1ccc(N(C)C(=O)[C@H](Cc2ccccc2)NC(=O)NS(=O)(=O)n2ncc3c(Cl)nc(Cl)cc32)cc1. The topological polar surface area (TPSA) is 136 Å². The van der Waals surface area contributed by atoms with Crippen molar-refractivity contribution in [1.29, 1.82) is 0 Å². The number of aromatic nitrogens is 3. The van der Waals surface area contributed by atoms with Crippen molar-refractivity contribution in [3.8, 4) is 5.75 Å². The third kappa shape index (κ3) is 5.98. The molecule has 2 aromatic heterocycles. The second kappa shape index (κ2) is 11.3. The third-order valence-corrected chi connectivity index (χ3v) is 7.25. The molecule has 2 aromatic carbocycles. The summed E-state index contributed by atoms with van der Waals surface area (Å²) in [6.45, 7) is 0. The van der Waals surface area contributed by atoms with Gasteiger partial charge in [0.2, 0.25) is 5.91 Å². The van der Waals surface area contributed by atoms with Crippen LogP contribution in [0, 0.1) is 0 Å². The fourth-order valence-electron chi connectivity index (χ4n) is 3.69. The van der Waals surface area contributed by atoms with Crippen LogP contribution < -0.4 is 19.7 Å². The van der Waals surface area contributed by atoms with E-state index in [0.717, 1.165) is 5.56 Å². The number of carbonyl (C=O) groups is 2. The van der Waals surface area contributed by atoms with Gasteiger partial charge in [-0.2, -0.15) is 13.5 Å². The Labute approximate surface area is 228 Å². The average Bonchev–Trinajstić information content (AvgIpc) is 3.33. The fourth-order valence-corrected chi connectivity index (χ4v) is 5.12. The zero-order valence-electron chi connectivity index (χ0n) is 20.1. The maximum Gasteiger partial charge on any atom is 0.347 e. The van der Waals surface area contributed by atoms with Gasteiger partial charge in [-0.1, -0.05) is 53.5 Å². The van der Waals surface area contributed by atoms with Crippen molar-refractivity contribution in [1.82, 2.24) is 24.2 Å². The first-order valence-electron chi connectivity index (χ1n) is 11.1. The maximum atomic E-state index is 13.4. The smallest absolute Gasteiger partial charge is 0.347 e. The summed E-state index contributed by atoms with van der Waals surface area (Å²) >= 11 is 11.9. The Morgan fingerprint density at radius 1 is 1.11 bits per heavy atom. The second-order valence-electron chi connectivity index (χ2n) is 8.07. The Bertz CT molecular complexity index is 1580. The van der Waals surface area contributed by atoms with Crippen molar-refractivity contribution in [3.63, 3.8) is 0 Å². The molecule has 0 aliphatic heterocycles. The van der Waals surface area contributed by atoms with E-state index in [9.17, 15) is 18.0 Å². The number of likely N-dealkylation sites (N-methyl/N-ethyl adjacent to an activating group) is 1. The van der Waals surface area contributed by atoms with Gasteiger partial charge in [-0.25, -0.2) is 14.5 Å². The minimum absolute atomic E-state index is 0.0199. The highest BCUT2D eigenvalue weighted by atomic mass is 35.5. The van der Waals surface area contributed by atoms with Crippen LogP contribution in [0.4, 0.5) is 10.5 Å². The fraction of sp³-hybridized carbons (Fsp3) is 0.167. The van der Waals surface area contributed by atoms with Crippen molar-refractivity contribution in [2.75, 3.05) is 19.1 Å². The molecule has 38 heavy (non-hydrogen) atoms. The number of amides is 3. The highest BCUT2D eigenvalue weighted by molar-refractivity contribution is 7.88. The van der Waals surface area contributed by atoms with Crippen molar-refractivity contribution < 1.29 is 22.7 Å². The molecule has 0 aliphatic carbocycles. The molecule has 4 aromatic rings. The van der Waals surface area contributed by atoms with Crippen LogP contribution in [0.3, 0.4) is 0 Å². The number of urea groups is 1. The summed E-state index contributed by atoms with van der Waals surface area (Å²) < 4.78 is 33.6. The van der Waals surface area contributed by atoms with Gasteiger partial charge in [0, 0.05) is 25.2 Å². The number of nitrogens with one attached hydrogen (secondary N) is 2. The largest absolute Gasteiger partial charge is 0.497 e. The predicted octanol–water partition coefficient (Wildman–Crippen LogP) is 3.41. The first-order valence-corrected chi connectivity index (χ1v) is 13.3. The first kappa shape index (κ1) is 27.2. The normalized spacial score (nSPS) is 12.1. The number of carbonyl (C=O) groups excluding carboxylic acids is 2. The summed E-state index contributed by atoms with van der Waals surface area (Å²) in [6.07, 6.45) is 1.29. The molecule has 0 saturated carbocycles. The third-order valence-electron chi connectivity index (χ3n) is 5.58. The molecular formula is C24H22Cl2N6O5S. The van der Waals surface area contributed by atoms with E-state index in [2.05, 4.69) is 15.4 Å². The molecule has 198 valence electrons. The minimum Gasteiger partial charge on any atom is -0.497 e. The lowest BCUT2D eigenvalue weighted by Crippen LogP contribution is -2.53. The quantitative estimate of drug-likeness (QED) is 0.307. The van der Waals surface area contributed by atoms with Crippen molar-refractivity contribution >= 4 is 61.9 Å². The van der Waals surface area contributed by atoms with Crippen LogP contribution in [0.15, 0.2) is 66.9 Å². The monoisotopic (exact) mass is 576 g/mol. The summed E-state index contributed by atoms with van der Waals surface area (Å²) in [5, 5.41) is 6.40. The van der Waals surface area contributed by atoms with Crippen LogP contribution in [0.2, 0.25) is 10.3 Å². The number of hydrogen-bond acceptors (Lipinski definition) is 7. The molecule has 14 heteroatoms. The van der Waals surface area contributed by atoms with Gasteiger partial charge in [0.05, 0.1) is 24.2 Å². The molecule has 4 rings (SSSR count). The number of hydrogen-bond donors (Lipinski definition) is 2. The van der Waals surface area contributed by atoms with Crippen LogP contribution in [0.5, 0.6) is 5.75 Å². The van der Waals surface area contributed by atoms with Crippen LogP contribution in [0.25, 0.3) is 10.9 Å². The van der Waals surface area contributed by atoms with E-state index in [1.165, 1.54) is 24.3 Å². The van der Waals surface area contributed by atoms with Gasteiger partial charge in [0.15, 0.2) is 0 Å². The molecule has 1 atom stereocenters. The summed E-state index contributed by atoms with van der Waals surface area (Å²) in [5.74, 6) is 0.142. The Morgan fingerprint density at radius 3 is 2.45 bits per heavy atom. The molecule has 0 spiro atoms. The summed E-state index contributed by atoms with van der Waals surface area (Å²) in [5.41, 5.74) is 1.33. The molecule has 0 unspecified atom stereocenters. The van der Waals surface area contributed by atoms with Crippen molar-refractivity contribution in [3.05, 3.63) is 82.7 Å². The lowest BCUT2D eigenvalue weighted by Gasteiger charge is -2.25. The van der Waals surface area contributed by atoms with E-state index < -0.39 is 28.2 Å². The van der Waals surface area contributed by atoms with Crippen LogP contribution >= 0.6 is 23.2 Å². The molecule has 0 aliphatic rings. The maximum absolute atomic E-state index is 13.4. The summed E-state index contributed by atoms with van der Waals surface area (Å²) in [6, 6.07) is 14.8. The lowest BCUT2D eigenvalue weighted by molar-refractivity contribution is -0.120. The number of ether oxygens (including phenoxy) is 1. The van der Waals surface area contributed by atoms with E-state index in [4.69, 9.17) is 27.9 Å². The van der Waals surface area contributed by atoms with E-state index in [-0.39, 0.29) is 27.6 Å². The van der Waals surface area contributed by atoms with Gasteiger partial charge in [0.25, 0.3) is 0 Å². The van der Waals surface area contributed by atoms with Gasteiger partial charge >= 0.3 is 16.2 Å². The zero-order valence-corrected chi connectivity index (χ0v) is 22.5. The minimum atomic E-state index is -4.54.